The van der Waals surface area contributed by atoms with Crippen LogP contribution in [0.3, 0.4) is 0 Å². The van der Waals surface area contributed by atoms with Crippen LogP contribution in [-0.4, -0.2) is 24.2 Å². The van der Waals surface area contributed by atoms with Gasteiger partial charge in [0.15, 0.2) is 0 Å². The van der Waals surface area contributed by atoms with Crippen molar-refractivity contribution >= 4 is 17.9 Å². The monoisotopic (exact) mass is 291 g/mol. The lowest BCUT2D eigenvalue weighted by molar-refractivity contribution is 0.140. The number of amides is 1. The first-order valence-corrected chi connectivity index (χ1v) is 6.86. The number of carbonyl (C=O) groups is 1. The molecule has 0 bridgehead atoms. The van der Waals surface area contributed by atoms with E-state index in [0.717, 1.165) is 5.56 Å². The van der Waals surface area contributed by atoms with E-state index < -0.39 is 6.09 Å². The Balaban J connectivity index is 3.29. The summed E-state index contributed by atoms with van der Waals surface area (Å²) in [4.78, 5) is 30.1. The van der Waals surface area contributed by atoms with Gasteiger partial charge in [0.1, 0.15) is 12.3 Å². The van der Waals surface area contributed by atoms with Gasteiger partial charge in [0, 0.05) is 7.05 Å². The molecule has 0 aromatic carbocycles. The second-order valence-corrected chi connectivity index (χ2v) is 5.28. The fraction of sp³-hybridized carbons (Fsp3) is 0.533. The minimum Gasteiger partial charge on any atom is -0.443 e. The van der Waals surface area contributed by atoms with Crippen LogP contribution in [0.15, 0.2) is 11.1 Å². The van der Waals surface area contributed by atoms with Crippen LogP contribution in [0.4, 0.5) is 10.5 Å². The van der Waals surface area contributed by atoms with E-state index in [0.29, 0.717) is 17.1 Å². The van der Waals surface area contributed by atoms with Crippen molar-refractivity contribution in [3.8, 4) is 0 Å². The van der Waals surface area contributed by atoms with Crippen LogP contribution in [0.5, 0.6) is 0 Å². The summed E-state index contributed by atoms with van der Waals surface area (Å²) in [6, 6.07) is 1.82. The van der Waals surface area contributed by atoms with Crippen LogP contribution in [0, 0.1) is 0 Å². The van der Waals surface area contributed by atoms with Crippen LogP contribution in [0.25, 0.3) is 0 Å². The van der Waals surface area contributed by atoms with Crippen LogP contribution < -0.4 is 5.32 Å². The molecule has 0 radical (unpaired) electrons. The highest BCUT2D eigenvalue weighted by atomic mass is 16.5. The largest absolute Gasteiger partial charge is 0.443 e. The van der Waals surface area contributed by atoms with Crippen molar-refractivity contribution in [2.45, 2.75) is 46.1 Å². The molecule has 1 rings (SSSR count). The highest BCUT2D eigenvalue weighted by molar-refractivity contribution is 5.66. The molecule has 0 spiro atoms. The molecule has 1 N–H and O–H groups in total. The third-order valence-corrected chi connectivity index (χ3v) is 2.98. The number of hydrogen-bond donors (Lipinski definition) is 1. The maximum atomic E-state index is 11.2. The van der Waals surface area contributed by atoms with Gasteiger partial charge in [-0.2, -0.15) is 4.99 Å². The minimum absolute atomic E-state index is 0.0736. The maximum Gasteiger partial charge on any atom is 0.407 e. The first-order chi connectivity index (χ1) is 9.90. The Morgan fingerprint density at radius 2 is 2.05 bits per heavy atom. The number of carbonyl (C=O) groups excluding carboxylic acids is 2. The van der Waals surface area contributed by atoms with Gasteiger partial charge < -0.3 is 10.1 Å². The van der Waals surface area contributed by atoms with E-state index in [1.54, 1.807) is 6.08 Å². The highest BCUT2D eigenvalue weighted by Gasteiger charge is 2.17. The third-order valence-electron chi connectivity index (χ3n) is 2.98. The van der Waals surface area contributed by atoms with E-state index in [-0.39, 0.29) is 18.4 Å². The molecular formula is C15H21N3O3. The maximum absolute atomic E-state index is 11.2. The molecule has 1 aromatic rings. The highest BCUT2D eigenvalue weighted by Crippen LogP contribution is 2.34. The summed E-state index contributed by atoms with van der Waals surface area (Å²) in [6.07, 6.45) is 1.08. The van der Waals surface area contributed by atoms with Gasteiger partial charge in [0.2, 0.25) is 6.08 Å². The van der Waals surface area contributed by atoms with Crippen molar-refractivity contribution in [1.29, 1.82) is 0 Å². The molecule has 0 aliphatic heterocycles. The van der Waals surface area contributed by atoms with Crippen molar-refractivity contribution < 1.29 is 14.3 Å². The summed E-state index contributed by atoms with van der Waals surface area (Å²) >= 11 is 0. The Bertz CT molecular complexity index is 532. The number of rotatable bonds is 5. The van der Waals surface area contributed by atoms with Gasteiger partial charge in [0.25, 0.3) is 0 Å². The Kier molecular flexibility index (Phi) is 6.06. The first kappa shape index (κ1) is 16.9. The smallest absolute Gasteiger partial charge is 0.407 e. The van der Waals surface area contributed by atoms with E-state index in [2.05, 4.69) is 15.3 Å². The molecule has 0 fully saturated rings. The van der Waals surface area contributed by atoms with Gasteiger partial charge in [-0.05, 0) is 23.5 Å². The minimum atomic E-state index is -0.510. The molecule has 6 heteroatoms. The number of pyridine rings is 1. The van der Waals surface area contributed by atoms with Crippen molar-refractivity contribution in [2.75, 3.05) is 7.05 Å². The molecular weight excluding hydrogens is 270 g/mol. The SMILES string of the molecule is CNC(=O)OCc1cc(C(C)C)c(N=C=O)c(C(C)C)n1. The Labute approximate surface area is 124 Å². The fourth-order valence-corrected chi connectivity index (χ4v) is 1.93. The topological polar surface area (TPSA) is 80.6 Å². The summed E-state index contributed by atoms with van der Waals surface area (Å²) < 4.78 is 5.03. The summed E-state index contributed by atoms with van der Waals surface area (Å²) in [6.45, 7) is 8.03. The van der Waals surface area contributed by atoms with E-state index in [1.807, 2.05) is 33.8 Å². The molecule has 1 amide bonds. The number of isocyanates is 1. The van der Waals surface area contributed by atoms with Gasteiger partial charge in [-0.3, -0.25) is 4.98 Å². The summed E-state index contributed by atoms with van der Waals surface area (Å²) in [5.41, 5.74) is 2.81. The number of ether oxygens (including phenoxy) is 1. The number of nitrogens with one attached hydrogen (secondary N) is 1. The number of alkyl carbamates (subject to hydrolysis) is 1. The number of aromatic nitrogens is 1. The standard InChI is InChI=1S/C15H21N3O3/c1-9(2)12-6-11(7-21-15(20)16-5)18-13(10(3)4)14(12)17-8-19/h6,9-10H,7H2,1-5H3,(H,16,20). The lowest BCUT2D eigenvalue weighted by atomic mass is 9.96. The normalized spacial score (nSPS) is 10.4. The number of hydrogen-bond acceptors (Lipinski definition) is 5. The average molecular weight is 291 g/mol. The number of nitrogens with zero attached hydrogens (tertiary/aromatic N) is 2. The van der Waals surface area contributed by atoms with Gasteiger partial charge in [-0.15, -0.1) is 0 Å². The molecule has 21 heavy (non-hydrogen) atoms. The van der Waals surface area contributed by atoms with E-state index in [1.165, 1.54) is 7.05 Å². The second-order valence-electron chi connectivity index (χ2n) is 5.28. The Morgan fingerprint density at radius 3 is 2.52 bits per heavy atom. The van der Waals surface area contributed by atoms with E-state index in [4.69, 9.17) is 4.74 Å². The molecule has 0 aliphatic carbocycles. The predicted octanol–water partition coefficient (Wildman–Crippen LogP) is 3.15. The first-order valence-electron chi connectivity index (χ1n) is 6.86. The summed E-state index contributed by atoms with van der Waals surface area (Å²) in [7, 11) is 1.50. The Morgan fingerprint density at radius 1 is 1.38 bits per heavy atom. The zero-order valence-electron chi connectivity index (χ0n) is 13.1. The van der Waals surface area contributed by atoms with Crippen LogP contribution >= 0.6 is 0 Å². The van der Waals surface area contributed by atoms with Gasteiger partial charge >= 0.3 is 6.09 Å². The molecule has 0 atom stereocenters. The molecule has 6 nitrogen and oxygen atoms in total. The predicted molar refractivity (Wildman–Crippen MR) is 79.4 cm³/mol. The van der Waals surface area contributed by atoms with Crippen molar-refractivity contribution in [2.24, 2.45) is 4.99 Å². The molecule has 0 saturated carbocycles. The fourth-order valence-electron chi connectivity index (χ4n) is 1.93. The zero-order chi connectivity index (χ0) is 16.0. The lowest BCUT2D eigenvalue weighted by Crippen LogP contribution is -2.19. The summed E-state index contributed by atoms with van der Waals surface area (Å²) in [5, 5.41) is 2.38. The Hall–Kier alpha value is -2.20. The molecule has 114 valence electrons. The van der Waals surface area contributed by atoms with Crippen molar-refractivity contribution in [3.63, 3.8) is 0 Å². The van der Waals surface area contributed by atoms with Crippen LogP contribution in [0.2, 0.25) is 0 Å². The molecule has 1 heterocycles. The quantitative estimate of drug-likeness (QED) is 0.667. The van der Waals surface area contributed by atoms with E-state index in [9.17, 15) is 9.59 Å². The lowest BCUT2D eigenvalue weighted by Gasteiger charge is -2.17. The summed E-state index contributed by atoms with van der Waals surface area (Å²) in [5.74, 6) is 0.255. The average Bonchev–Trinajstić information content (AvgIpc) is 2.45. The van der Waals surface area contributed by atoms with Gasteiger partial charge in [-0.1, -0.05) is 27.7 Å². The second kappa shape index (κ2) is 7.55. The van der Waals surface area contributed by atoms with Crippen molar-refractivity contribution in [3.05, 3.63) is 23.0 Å². The van der Waals surface area contributed by atoms with Gasteiger partial charge in [0.05, 0.1) is 11.4 Å². The molecule has 1 aromatic heterocycles. The van der Waals surface area contributed by atoms with E-state index >= 15 is 0 Å². The van der Waals surface area contributed by atoms with Gasteiger partial charge in [-0.25, -0.2) is 9.59 Å². The molecule has 0 saturated heterocycles. The molecule has 0 unspecified atom stereocenters. The number of aliphatic imine (C=N–C) groups is 1. The van der Waals surface area contributed by atoms with Crippen LogP contribution in [-0.2, 0) is 16.1 Å². The third kappa shape index (κ3) is 4.39. The van der Waals surface area contributed by atoms with Crippen molar-refractivity contribution in [1.82, 2.24) is 10.3 Å². The zero-order valence-corrected chi connectivity index (χ0v) is 13.1. The van der Waals surface area contributed by atoms with Crippen LogP contribution in [0.1, 0.15) is 56.5 Å². The molecule has 0 aliphatic rings.